The van der Waals surface area contributed by atoms with Crippen LogP contribution in [0.4, 0.5) is 5.69 Å². The van der Waals surface area contributed by atoms with Crippen LogP contribution in [0.2, 0.25) is 0 Å². The molecule has 0 atom stereocenters. The van der Waals surface area contributed by atoms with Crippen LogP contribution < -0.4 is 5.32 Å². The van der Waals surface area contributed by atoms with E-state index in [-0.39, 0.29) is 18.9 Å². The molecule has 7 heteroatoms. The molecule has 1 aromatic rings. The van der Waals surface area contributed by atoms with Crippen LogP contribution in [0.1, 0.15) is 24.0 Å². The van der Waals surface area contributed by atoms with E-state index >= 15 is 0 Å². The van der Waals surface area contributed by atoms with E-state index in [4.69, 9.17) is 4.74 Å². The quantitative estimate of drug-likeness (QED) is 0.696. The van der Waals surface area contributed by atoms with E-state index in [0.717, 1.165) is 23.1 Å². The fourth-order valence-electron chi connectivity index (χ4n) is 2.15. The van der Waals surface area contributed by atoms with Crippen LogP contribution in [0.3, 0.4) is 0 Å². The zero-order valence-electron chi connectivity index (χ0n) is 14.3. The third-order valence-electron chi connectivity index (χ3n) is 3.69. The van der Waals surface area contributed by atoms with Crippen molar-refractivity contribution < 1.29 is 17.9 Å². The Hall–Kier alpha value is -1.44. The summed E-state index contributed by atoms with van der Waals surface area (Å²) >= 11 is 0. The molecule has 0 aliphatic heterocycles. The van der Waals surface area contributed by atoms with Crippen molar-refractivity contribution >= 4 is 21.6 Å². The predicted molar refractivity (Wildman–Crippen MR) is 92.1 cm³/mol. The highest BCUT2D eigenvalue weighted by Crippen LogP contribution is 2.18. The van der Waals surface area contributed by atoms with Crippen molar-refractivity contribution in [2.24, 2.45) is 0 Å². The van der Waals surface area contributed by atoms with Crippen molar-refractivity contribution in [3.05, 3.63) is 29.3 Å². The molecule has 0 aliphatic carbocycles. The summed E-state index contributed by atoms with van der Waals surface area (Å²) in [6, 6.07) is 5.70. The number of carbonyl (C=O) groups excluding carboxylic acids is 1. The van der Waals surface area contributed by atoms with Crippen molar-refractivity contribution in [1.82, 2.24) is 4.31 Å². The van der Waals surface area contributed by atoms with Crippen molar-refractivity contribution in [3.63, 3.8) is 0 Å². The average Bonchev–Trinajstić information content (AvgIpc) is 2.46. The number of hydrogen-bond donors (Lipinski definition) is 1. The monoisotopic (exact) mass is 342 g/mol. The molecule has 0 saturated carbocycles. The van der Waals surface area contributed by atoms with Crippen molar-refractivity contribution in [2.45, 2.75) is 26.7 Å². The molecule has 130 valence electrons. The second-order valence-corrected chi connectivity index (χ2v) is 7.54. The predicted octanol–water partition coefficient (Wildman–Crippen LogP) is 1.93. The maximum Gasteiger partial charge on any atom is 0.225 e. The normalized spacial score (nSPS) is 11.7. The van der Waals surface area contributed by atoms with Gasteiger partial charge in [0.05, 0.1) is 6.26 Å². The van der Waals surface area contributed by atoms with Crippen molar-refractivity contribution in [3.8, 4) is 0 Å². The summed E-state index contributed by atoms with van der Waals surface area (Å²) in [7, 11) is -1.76. The number of carbonyl (C=O) groups is 1. The fourth-order valence-corrected chi connectivity index (χ4v) is 3.04. The summed E-state index contributed by atoms with van der Waals surface area (Å²) in [5.74, 6) is -0.195. The number of amides is 1. The van der Waals surface area contributed by atoms with Crippen LogP contribution in [0, 0.1) is 13.8 Å². The number of benzene rings is 1. The first-order valence-corrected chi connectivity index (χ1v) is 9.40. The van der Waals surface area contributed by atoms with Crippen molar-refractivity contribution in [1.29, 1.82) is 0 Å². The average molecular weight is 342 g/mol. The fraction of sp³-hybridized carbons (Fsp3) is 0.562. The van der Waals surface area contributed by atoms with E-state index in [9.17, 15) is 13.2 Å². The Kier molecular flexibility index (Phi) is 7.67. The zero-order valence-corrected chi connectivity index (χ0v) is 15.1. The third-order valence-corrected chi connectivity index (χ3v) is 5.00. The molecule has 6 nitrogen and oxygen atoms in total. The lowest BCUT2D eigenvalue weighted by Crippen LogP contribution is -2.34. The Morgan fingerprint density at radius 3 is 2.57 bits per heavy atom. The molecule has 0 aliphatic rings. The van der Waals surface area contributed by atoms with Gasteiger partial charge in [-0.15, -0.1) is 0 Å². The lowest BCUT2D eigenvalue weighted by molar-refractivity contribution is -0.116. The van der Waals surface area contributed by atoms with Gasteiger partial charge in [0.15, 0.2) is 0 Å². The topological polar surface area (TPSA) is 75.7 Å². The highest BCUT2D eigenvalue weighted by molar-refractivity contribution is 7.88. The van der Waals surface area contributed by atoms with Gasteiger partial charge in [-0.3, -0.25) is 4.79 Å². The number of sulfonamides is 1. The largest absolute Gasteiger partial charge is 0.385 e. The van der Waals surface area contributed by atoms with E-state index in [1.54, 1.807) is 7.11 Å². The first-order valence-electron chi connectivity index (χ1n) is 7.56. The number of hydrogen-bond acceptors (Lipinski definition) is 4. The molecule has 0 heterocycles. The summed E-state index contributed by atoms with van der Waals surface area (Å²) in [4.78, 5) is 12.1. The van der Waals surface area contributed by atoms with Crippen LogP contribution in [-0.4, -0.2) is 51.7 Å². The highest BCUT2D eigenvalue weighted by Gasteiger charge is 2.17. The molecule has 0 radical (unpaired) electrons. The molecule has 23 heavy (non-hydrogen) atoms. The van der Waals surface area contributed by atoms with E-state index in [0.29, 0.717) is 19.6 Å². The molecule has 1 N–H and O–H groups in total. The molecule has 0 aromatic heterocycles. The Morgan fingerprint density at radius 2 is 1.96 bits per heavy atom. The number of rotatable bonds is 9. The molecular weight excluding hydrogens is 316 g/mol. The number of anilines is 1. The number of ether oxygens (including phenoxy) is 1. The minimum absolute atomic E-state index is 0.118. The lowest BCUT2D eigenvalue weighted by Gasteiger charge is -2.19. The lowest BCUT2D eigenvalue weighted by atomic mass is 10.1. The maximum absolute atomic E-state index is 12.1. The minimum Gasteiger partial charge on any atom is -0.385 e. The van der Waals surface area contributed by atoms with Crippen LogP contribution in [-0.2, 0) is 19.6 Å². The minimum atomic E-state index is -3.33. The summed E-state index contributed by atoms with van der Waals surface area (Å²) in [5.41, 5.74) is 2.88. The molecule has 0 spiro atoms. The molecule has 0 bridgehead atoms. The SMILES string of the molecule is COCCCN(CCC(=O)Nc1cccc(C)c1C)S(C)(=O)=O. The van der Waals surface area contributed by atoms with Gasteiger partial charge in [0, 0.05) is 38.9 Å². The number of nitrogens with zero attached hydrogens (tertiary/aromatic N) is 1. The standard InChI is InChI=1S/C16H26N2O4S/c1-13-7-5-8-15(14(13)2)17-16(19)9-11-18(23(4,20)21)10-6-12-22-3/h5,7-8H,6,9-12H2,1-4H3,(H,17,19). The molecule has 0 unspecified atom stereocenters. The van der Waals surface area contributed by atoms with Crippen LogP contribution in [0.5, 0.6) is 0 Å². The van der Waals surface area contributed by atoms with Gasteiger partial charge in [-0.25, -0.2) is 12.7 Å². The number of aryl methyl sites for hydroxylation is 1. The van der Waals surface area contributed by atoms with Gasteiger partial charge in [-0.2, -0.15) is 0 Å². The van der Waals surface area contributed by atoms with Gasteiger partial charge < -0.3 is 10.1 Å². The Balaban J connectivity index is 2.59. The van der Waals surface area contributed by atoms with Crippen LogP contribution in [0.25, 0.3) is 0 Å². The second-order valence-electron chi connectivity index (χ2n) is 5.55. The van der Waals surface area contributed by atoms with Crippen LogP contribution >= 0.6 is 0 Å². The molecular formula is C16H26N2O4S. The molecule has 1 aromatic carbocycles. The second kappa shape index (κ2) is 9.00. The summed E-state index contributed by atoms with van der Waals surface area (Å²) in [6.45, 7) is 4.92. The van der Waals surface area contributed by atoms with Gasteiger partial charge in [0.25, 0.3) is 0 Å². The van der Waals surface area contributed by atoms with Crippen molar-refractivity contribution in [2.75, 3.05) is 38.4 Å². The smallest absolute Gasteiger partial charge is 0.225 e. The van der Waals surface area contributed by atoms with Gasteiger partial charge in [0.2, 0.25) is 15.9 Å². The molecule has 0 saturated heterocycles. The summed E-state index contributed by atoms with van der Waals surface area (Å²) in [6.07, 6.45) is 1.87. The zero-order chi connectivity index (χ0) is 17.5. The first-order chi connectivity index (χ1) is 10.8. The highest BCUT2D eigenvalue weighted by atomic mass is 32.2. The van der Waals surface area contributed by atoms with E-state index in [2.05, 4.69) is 5.32 Å². The summed E-state index contributed by atoms with van der Waals surface area (Å²) in [5, 5.41) is 2.84. The maximum atomic E-state index is 12.1. The van der Waals surface area contributed by atoms with Gasteiger partial charge in [-0.05, 0) is 37.5 Å². The van der Waals surface area contributed by atoms with Crippen LogP contribution in [0.15, 0.2) is 18.2 Å². The van der Waals surface area contributed by atoms with E-state index in [1.807, 2.05) is 32.0 Å². The Morgan fingerprint density at radius 1 is 1.26 bits per heavy atom. The Labute approximate surface area is 138 Å². The van der Waals surface area contributed by atoms with E-state index < -0.39 is 10.0 Å². The molecule has 1 amide bonds. The van der Waals surface area contributed by atoms with Gasteiger partial charge >= 0.3 is 0 Å². The molecule has 0 fully saturated rings. The van der Waals surface area contributed by atoms with Gasteiger partial charge in [0.1, 0.15) is 0 Å². The Bertz CT molecular complexity index is 629. The summed E-state index contributed by atoms with van der Waals surface area (Å²) < 4.78 is 29.7. The third kappa shape index (κ3) is 6.68. The van der Waals surface area contributed by atoms with E-state index in [1.165, 1.54) is 4.31 Å². The molecule has 1 rings (SSSR count). The number of nitrogens with one attached hydrogen (secondary N) is 1. The van der Waals surface area contributed by atoms with Gasteiger partial charge in [-0.1, -0.05) is 12.1 Å². The first kappa shape index (κ1) is 19.6. The number of methoxy groups -OCH3 is 1.